The summed E-state index contributed by atoms with van der Waals surface area (Å²) in [5, 5.41) is 4.20. The minimum atomic E-state index is 0.248. The highest BCUT2D eigenvalue weighted by molar-refractivity contribution is 5.41. The molecule has 3 aromatic rings. The summed E-state index contributed by atoms with van der Waals surface area (Å²) in [6, 6.07) is 10.3. The number of aromatic nitrogens is 4. The first kappa shape index (κ1) is 15.8. The number of benzene rings is 1. The molecule has 128 valence electrons. The molecule has 0 radical (unpaired) electrons. The fourth-order valence-corrected chi connectivity index (χ4v) is 3.31. The van der Waals surface area contributed by atoms with E-state index in [4.69, 9.17) is 4.74 Å². The van der Waals surface area contributed by atoms with Crippen LogP contribution in [0.3, 0.4) is 0 Å². The molecule has 2 aromatic heterocycles. The highest BCUT2D eigenvalue weighted by Gasteiger charge is 2.24. The number of rotatable bonds is 5. The zero-order chi connectivity index (χ0) is 17.1. The zero-order valence-electron chi connectivity index (χ0n) is 14.2. The third kappa shape index (κ3) is 3.69. The number of hydrogen-bond acceptors (Lipinski definition) is 5. The van der Waals surface area contributed by atoms with E-state index in [9.17, 15) is 0 Å². The number of pyridine rings is 1. The number of hydrogen-bond donors (Lipinski definition) is 0. The number of aryl methyl sites for hydroxylation is 1. The highest BCUT2D eigenvalue weighted by Crippen LogP contribution is 2.21. The van der Waals surface area contributed by atoms with Gasteiger partial charge >= 0.3 is 0 Å². The molecule has 3 heterocycles. The summed E-state index contributed by atoms with van der Waals surface area (Å²) in [5.74, 6) is 0.898. The van der Waals surface area contributed by atoms with Crippen LogP contribution in [0.4, 0.5) is 0 Å². The summed E-state index contributed by atoms with van der Waals surface area (Å²) in [6.07, 6.45) is 8.11. The lowest BCUT2D eigenvalue weighted by molar-refractivity contribution is 0.198. The molecule has 0 saturated carbocycles. The molecule has 1 aliphatic heterocycles. The predicted molar refractivity (Wildman–Crippen MR) is 94.6 cm³/mol. The third-order valence-corrected chi connectivity index (χ3v) is 4.51. The van der Waals surface area contributed by atoms with Gasteiger partial charge in [-0.3, -0.25) is 9.88 Å². The topological polar surface area (TPSA) is 56.1 Å². The Bertz CT molecular complexity index is 819. The van der Waals surface area contributed by atoms with Crippen molar-refractivity contribution in [2.45, 2.75) is 26.0 Å². The van der Waals surface area contributed by atoms with E-state index in [-0.39, 0.29) is 6.10 Å². The molecule has 25 heavy (non-hydrogen) atoms. The Balaban J connectivity index is 1.37. The predicted octanol–water partition coefficient (Wildman–Crippen LogP) is 2.62. The van der Waals surface area contributed by atoms with Gasteiger partial charge in [-0.2, -0.15) is 5.10 Å². The smallest absolute Gasteiger partial charge is 0.138 e. The van der Waals surface area contributed by atoms with Crippen LogP contribution in [-0.2, 0) is 6.54 Å². The van der Waals surface area contributed by atoms with Crippen molar-refractivity contribution in [2.75, 3.05) is 13.1 Å². The van der Waals surface area contributed by atoms with Crippen molar-refractivity contribution in [2.24, 2.45) is 0 Å². The van der Waals surface area contributed by atoms with Crippen LogP contribution < -0.4 is 4.74 Å². The van der Waals surface area contributed by atoms with Crippen molar-refractivity contribution < 1.29 is 4.74 Å². The molecule has 0 aliphatic carbocycles. The van der Waals surface area contributed by atoms with E-state index in [0.29, 0.717) is 0 Å². The summed E-state index contributed by atoms with van der Waals surface area (Å²) in [7, 11) is 0. The summed E-state index contributed by atoms with van der Waals surface area (Å²) < 4.78 is 7.83. The van der Waals surface area contributed by atoms with Gasteiger partial charge in [0.1, 0.15) is 24.5 Å². The number of nitrogens with zero attached hydrogens (tertiary/aromatic N) is 5. The molecule has 1 aromatic carbocycles. The standard InChI is InChI=1S/C19H21N5O/c1-15-10-16(2-3-19(15)24-14-21-13-22-24)11-23-9-6-18(12-23)25-17-4-7-20-8-5-17/h2-5,7-8,10,13-14,18H,6,9,11-12H2,1H3/t18-/m1/s1. The van der Waals surface area contributed by atoms with Gasteiger partial charge in [0.2, 0.25) is 0 Å². The molecule has 1 aliphatic rings. The number of likely N-dealkylation sites (tertiary alicyclic amines) is 1. The molecule has 0 N–H and O–H groups in total. The van der Waals surface area contributed by atoms with Gasteiger partial charge in [-0.15, -0.1) is 0 Å². The van der Waals surface area contributed by atoms with Crippen LogP contribution in [0.1, 0.15) is 17.5 Å². The van der Waals surface area contributed by atoms with E-state index in [1.54, 1.807) is 29.7 Å². The first-order valence-corrected chi connectivity index (χ1v) is 8.51. The average Bonchev–Trinajstić information content (AvgIpc) is 3.28. The maximum atomic E-state index is 6.03. The normalized spacial score (nSPS) is 17.7. The summed E-state index contributed by atoms with van der Waals surface area (Å²) in [4.78, 5) is 10.5. The van der Waals surface area contributed by atoms with Crippen molar-refractivity contribution in [3.8, 4) is 11.4 Å². The van der Waals surface area contributed by atoms with Gasteiger partial charge < -0.3 is 4.74 Å². The van der Waals surface area contributed by atoms with Crippen molar-refractivity contribution in [3.63, 3.8) is 0 Å². The maximum absolute atomic E-state index is 6.03. The van der Waals surface area contributed by atoms with E-state index < -0.39 is 0 Å². The molecule has 0 amide bonds. The van der Waals surface area contributed by atoms with Gasteiger partial charge in [0.05, 0.1) is 5.69 Å². The van der Waals surface area contributed by atoms with Crippen molar-refractivity contribution in [1.29, 1.82) is 0 Å². The molecular weight excluding hydrogens is 314 g/mol. The summed E-state index contributed by atoms with van der Waals surface area (Å²) >= 11 is 0. The SMILES string of the molecule is Cc1cc(CN2CC[C@@H](Oc3ccncc3)C2)ccc1-n1cncn1. The van der Waals surface area contributed by atoms with Gasteiger partial charge in [-0.1, -0.05) is 12.1 Å². The maximum Gasteiger partial charge on any atom is 0.138 e. The quantitative estimate of drug-likeness (QED) is 0.717. The molecule has 1 saturated heterocycles. The fraction of sp³-hybridized carbons (Fsp3) is 0.316. The van der Waals surface area contributed by atoms with Gasteiger partial charge in [0, 0.05) is 32.0 Å². The molecule has 6 nitrogen and oxygen atoms in total. The fourth-order valence-electron chi connectivity index (χ4n) is 3.31. The largest absolute Gasteiger partial charge is 0.489 e. The molecule has 4 rings (SSSR count). The molecule has 0 unspecified atom stereocenters. The van der Waals surface area contributed by atoms with Crippen molar-refractivity contribution >= 4 is 0 Å². The van der Waals surface area contributed by atoms with Gasteiger partial charge in [-0.05, 0) is 42.7 Å². The molecule has 1 fully saturated rings. The van der Waals surface area contributed by atoms with E-state index in [1.807, 2.05) is 12.1 Å². The molecule has 0 bridgehead atoms. The second-order valence-electron chi connectivity index (χ2n) is 6.41. The van der Waals surface area contributed by atoms with Gasteiger partial charge in [0.25, 0.3) is 0 Å². The Kier molecular flexibility index (Phi) is 4.43. The lowest BCUT2D eigenvalue weighted by Crippen LogP contribution is -2.24. The summed E-state index contributed by atoms with van der Waals surface area (Å²) in [6.45, 7) is 5.06. The Labute approximate surface area is 147 Å². The lowest BCUT2D eigenvalue weighted by Gasteiger charge is -2.17. The van der Waals surface area contributed by atoms with E-state index >= 15 is 0 Å². The van der Waals surface area contributed by atoms with Crippen LogP contribution in [0.2, 0.25) is 0 Å². The van der Waals surface area contributed by atoms with Gasteiger partial charge in [0.15, 0.2) is 0 Å². The Morgan fingerprint density at radius 2 is 2.04 bits per heavy atom. The van der Waals surface area contributed by atoms with Crippen LogP contribution in [0.25, 0.3) is 5.69 Å². The lowest BCUT2D eigenvalue weighted by atomic mass is 10.1. The third-order valence-electron chi connectivity index (χ3n) is 4.51. The van der Waals surface area contributed by atoms with Crippen molar-refractivity contribution in [1.82, 2.24) is 24.6 Å². The Hall–Kier alpha value is -2.73. The van der Waals surface area contributed by atoms with E-state index in [1.165, 1.54) is 11.1 Å². The average molecular weight is 335 g/mol. The molecular formula is C19H21N5O. The highest BCUT2D eigenvalue weighted by atomic mass is 16.5. The van der Waals surface area contributed by atoms with Gasteiger partial charge in [-0.25, -0.2) is 9.67 Å². The molecule has 1 atom stereocenters. The minimum absolute atomic E-state index is 0.248. The zero-order valence-corrected chi connectivity index (χ0v) is 14.2. The van der Waals surface area contributed by atoms with Crippen LogP contribution >= 0.6 is 0 Å². The molecule has 0 spiro atoms. The van der Waals surface area contributed by atoms with Crippen LogP contribution in [0.5, 0.6) is 5.75 Å². The Morgan fingerprint density at radius 1 is 1.16 bits per heavy atom. The Morgan fingerprint density at radius 3 is 2.80 bits per heavy atom. The second kappa shape index (κ2) is 7.03. The first-order chi connectivity index (χ1) is 12.3. The molecule has 6 heteroatoms. The first-order valence-electron chi connectivity index (χ1n) is 8.51. The van der Waals surface area contributed by atoms with Crippen molar-refractivity contribution in [3.05, 3.63) is 66.5 Å². The number of ether oxygens (including phenoxy) is 1. The second-order valence-corrected chi connectivity index (χ2v) is 6.41. The monoisotopic (exact) mass is 335 g/mol. The minimum Gasteiger partial charge on any atom is -0.489 e. The van der Waals surface area contributed by atoms with Crippen LogP contribution in [-0.4, -0.2) is 43.8 Å². The summed E-state index contributed by atoms with van der Waals surface area (Å²) in [5.41, 5.74) is 3.58. The van der Waals surface area contributed by atoms with E-state index in [0.717, 1.165) is 37.5 Å². The van der Waals surface area contributed by atoms with Crippen LogP contribution in [0, 0.1) is 6.92 Å². The van der Waals surface area contributed by atoms with E-state index in [2.05, 4.69) is 45.1 Å². The van der Waals surface area contributed by atoms with Crippen LogP contribution in [0.15, 0.2) is 55.4 Å².